The molecule has 5 heteroatoms. The van der Waals surface area contributed by atoms with Gasteiger partial charge in [0, 0.05) is 15.8 Å². The lowest BCUT2D eigenvalue weighted by atomic mass is 10.2. The maximum absolute atomic E-state index is 11.7. The van der Waals surface area contributed by atoms with Gasteiger partial charge in [0.1, 0.15) is 5.75 Å². The van der Waals surface area contributed by atoms with Gasteiger partial charge in [-0.05, 0) is 24.6 Å². The van der Waals surface area contributed by atoms with E-state index in [4.69, 9.17) is 0 Å². The Bertz CT molecular complexity index is 380. The third-order valence-corrected chi connectivity index (χ3v) is 2.98. The average molecular weight is 351 g/mol. The molecular formula is C11H13Br2NO2. The molecule has 2 N–H and O–H groups in total. The van der Waals surface area contributed by atoms with Crippen LogP contribution in [0.2, 0.25) is 0 Å². The van der Waals surface area contributed by atoms with Gasteiger partial charge in [-0.3, -0.25) is 4.79 Å². The minimum atomic E-state index is -0.257. The average Bonchev–Trinajstić information content (AvgIpc) is 2.21. The molecule has 3 nitrogen and oxygen atoms in total. The van der Waals surface area contributed by atoms with Crippen molar-refractivity contribution in [3.05, 3.63) is 28.2 Å². The Kier molecular flexibility index (Phi) is 5.28. The summed E-state index contributed by atoms with van der Waals surface area (Å²) in [5.74, 6) is -0.264. The smallest absolute Gasteiger partial charge is 0.255 e. The van der Waals surface area contributed by atoms with Crippen LogP contribution in [0.25, 0.3) is 0 Å². The largest absolute Gasteiger partial charge is 0.507 e. The quantitative estimate of drug-likeness (QED) is 0.820. The van der Waals surface area contributed by atoms with Gasteiger partial charge in [-0.2, -0.15) is 0 Å². The molecule has 0 spiro atoms. The van der Waals surface area contributed by atoms with E-state index >= 15 is 0 Å². The molecular weight excluding hydrogens is 338 g/mol. The molecule has 0 fully saturated rings. The van der Waals surface area contributed by atoms with E-state index in [1.54, 1.807) is 12.1 Å². The topological polar surface area (TPSA) is 49.3 Å². The lowest BCUT2D eigenvalue weighted by Crippen LogP contribution is -2.25. The first-order chi connectivity index (χ1) is 7.50. The molecule has 0 aliphatic heterocycles. The second kappa shape index (κ2) is 6.25. The van der Waals surface area contributed by atoms with E-state index in [1.807, 2.05) is 6.92 Å². The number of nitrogens with one attached hydrogen (secondary N) is 1. The van der Waals surface area contributed by atoms with E-state index in [9.17, 15) is 9.90 Å². The van der Waals surface area contributed by atoms with Crippen molar-refractivity contribution >= 4 is 37.8 Å². The summed E-state index contributed by atoms with van der Waals surface area (Å²) in [6.45, 7) is 2.60. The number of hydrogen-bond acceptors (Lipinski definition) is 2. The minimum absolute atomic E-state index is 0.00686. The summed E-state index contributed by atoms with van der Waals surface area (Å²) in [4.78, 5) is 12.1. The molecule has 1 rings (SSSR count). The number of phenolic OH excluding ortho intramolecular Hbond substituents is 1. The first-order valence-electron chi connectivity index (χ1n) is 4.91. The summed E-state index contributed by atoms with van der Waals surface area (Å²) in [6, 6.07) is 4.78. The van der Waals surface area contributed by atoms with Crippen LogP contribution in [-0.2, 0) is 0 Å². The third-order valence-electron chi connectivity index (χ3n) is 2.03. The first kappa shape index (κ1) is 13.5. The fraction of sp³-hybridized carbons (Fsp3) is 0.364. The predicted molar refractivity (Wildman–Crippen MR) is 71.1 cm³/mol. The van der Waals surface area contributed by atoms with Crippen LogP contribution in [0, 0.1) is 0 Å². The zero-order valence-electron chi connectivity index (χ0n) is 8.84. The lowest BCUT2D eigenvalue weighted by molar-refractivity contribution is 0.0950. The zero-order chi connectivity index (χ0) is 12.1. The Balaban J connectivity index is 2.62. The van der Waals surface area contributed by atoms with Crippen molar-refractivity contribution in [3.8, 4) is 5.75 Å². The summed E-state index contributed by atoms with van der Waals surface area (Å²) in [7, 11) is 0. The molecule has 0 aliphatic rings. The van der Waals surface area contributed by atoms with E-state index < -0.39 is 0 Å². The normalized spacial score (nSPS) is 12.2. The van der Waals surface area contributed by atoms with Crippen molar-refractivity contribution in [2.75, 3.05) is 6.54 Å². The minimum Gasteiger partial charge on any atom is -0.507 e. The number of amides is 1. The highest BCUT2D eigenvalue weighted by molar-refractivity contribution is 9.10. The summed E-state index contributed by atoms with van der Waals surface area (Å²) >= 11 is 6.66. The third kappa shape index (κ3) is 4.14. The Labute approximate surface area is 111 Å². The first-order valence-corrected chi connectivity index (χ1v) is 6.62. The maximum atomic E-state index is 11.7. The van der Waals surface area contributed by atoms with Gasteiger partial charge < -0.3 is 10.4 Å². The SMILES string of the molecule is CC(Br)CCNC(=O)c1cc(Br)ccc1O. The maximum Gasteiger partial charge on any atom is 0.255 e. The van der Waals surface area contributed by atoms with Crippen molar-refractivity contribution in [2.24, 2.45) is 0 Å². The van der Waals surface area contributed by atoms with E-state index in [0.29, 0.717) is 11.4 Å². The number of carbonyl (C=O) groups is 1. The van der Waals surface area contributed by atoms with Crippen LogP contribution in [-0.4, -0.2) is 22.4 Å². The Morgan fingerprint density at radius 3 is 2.88 bits per heavy atom. The zero-order valence-corrected chi connectivity index (χ0v) is 12.0. The fourth-order valence-electron chi connectivity index (χ4n) is 1.17. The van der Waals surface area contributed by atoms with Crippen LogP contribution in [0.3, 0.4) is 0 Å². The monoisotopic (exact) mass is 349 g/mol. The molecule has 0 saturated heterocycles. The lowest BCUT2D eigenvalue weighted by Gasteiger charge is -2.08. The molecule has 1 aromatic rings. The van der Waals surface area contributed by atoms with Crippen LogP contribution >= 0.6 is 31.9 Å². The number of hydrogen-bond donors (Lipinski definition) is 2. The highest BCUT2D eigenvalue weighted by Crippen LogP contribution is 2.21. The Morgan fingerprint density at radius 1 is 1.56 bits per heavy atom. The van der Waals surface area contributed by atoms with Crippen molar-refractivity contribution in [3.63, 3.8) is 0 Å². The van der Waals surface area contributed by atoms with E-state index in [-0.39, 0.29) is 17.2 Å². The molecule has 0 aliphatic carbocycles. The van der Waals surface area contributed by atoms with Crippen LogP contribution in [0.15, 0.2) is 22.7 Å². The molecule has 0 radical (unpaired) electrons. The second-order valence-electron chi connectivity index (χ2n) is 3.49. The van der Waals surface area contributed by atoms with Crippen LogP contribution in [0.5, 0.6) is 5.75 Å². The van der Waals surface area contributed by atoms with Gasteiger partial charge in [0.25, 0.3) is 5.91 Å². The van der Waals surface area contributed by atoms with Crippen LogP contribution in [0.4, 0.5) is 0 Å². The van der Waals surface area contributed by atoms with Crippen LogP contribution < -0.4 is 5.32 Å². The molecule has 0 saturated carbocycles. The van der Waals surface area contributed by atoms with E-state index in [0.717, 1.165) is 10.9 Å². The van der Waals surface area contributed by atoms with E-state index in [2.05, 4.69) is 37.2 Å². The Hall–Kier alpha value is -0.550. The Morgan fingerprint density at radius 2 is 2.25 bits per heavy atom. The number of benzene rings is 1. The van der Waals surface area contributed by atoms with Gasteiger partial charge in [-0.1, -0.05) is 38.8 Å². The molecule has 1 aromatic carbocycles. The summed E-state index contributed by atoms with van der Waals surface area (Å²) in [5.41, 5.74) is 0.289. The number of phenols is 1. The predicted octanol–water partition coefficient (Wildman–Crippen LogP) is 3.06. The van der Waals surface area contributed by atoms with Gasteiger partial charge in [0.05, 0.1) is 5.56 Å². The van der Waals surface area contributed by atoms with Crippen molar-refractivity contribution in [1.82, 2.24) is 5.32 Å². The fourth-order valence-corrected chi connectivity index (χ4v) is 1.76. The van der Waals surface area contributed by atoms with Gasteiger partial charge in [0.2, 0.25) is 0 Å². The molecule has 16 heavy (non-hydrogen) atoms. The molecule has 1 amide bonds. The number of aromatic hydroxyl groups is 1. The van der Waals surface area contributed by atoms with E-state index in [1.165, 1.54) is 6.07 Å². The number of halogens is 2. The number of alkyl halides is 1. The summed E-state index contributed by atoms with van der Waals surface area (Å²) in [6.07, 6.45) is 0.848. The summed E-state index contributed by atoms with van der Waals surface area (Å²) < 4.78 is 0.768. The molecule has 0 heterocycles. The highest BCUT2D eigenvalue weighted by atomic mass is 79.9. The number of carbonyl (C=O) groups excluding carboxylic acids is 1. The highest BCUT2D eigenvalue weighted by Gasteiger charge is 2.11. The molecule has 0 bridgehead atoms. The van der Waals surface area contributed by atoms with Gasteiger partial charge in [0.15, 0.2) is 0 Å². The molecule has 88 valence electrons. The van der Waals surface area contributed by atoms with Gasteiger partial charge >= 0.3 is 0 Å². The summed E-state index contributed by atoms with van der Waals surface area (Å²) in [5, 5.41) is 12.3. The van der Waals surface area contributed by atoms with Crippen LogP contribution in [0.1, 0.15) is 23.7 Å². The van der Waals surface area contributed by atoms with Crippen molar-refractivity contribution < 1.29 is 9.90 Å². The molecule has 1 unspecified atom stereocenters. The van der Waals surface area contributed by atoms with Crippen molar-refractivity contribution in [1.29, 1.82) is 0 Å². The molecule has 1 atom stereocenters. The standard InChI is InChI=1S/C11H13Br2NO2/c1-7(12)4-5-14-11(16)9-6-8(13)2-3-10(9)15/h2-3,6-7,15H,4-5H2,1H3,(H,14,16). The molecule has 0 aromatic heterocycles. The number of rotatable bonds is 4. The van der Waals surface area contributed by atoms with Gasteiger partial charge in [-0.15, -0.1) is 0 Å². The van der Waals surface area contributed by atoms with Crippen molar-refractivity contribution in [2.45, 2.75) is 18.2 Å². The second-order valence-corrected chi connectivity index (χ2v) is 5.97. The van der Waals surface area contributed by atoms with Gasteiger partial charge in [-0.25, -0.2) is 0 Å².